The Hall–Kier alpha value is -3.07. The van der Waals surface area contributed by atoms with Crippen molar-refractivity contribution in [1.82, 2.24) is 9.55 Å². The molecule has 0 radical (unpaired) electrons. The van der Waals surface area contributed by atoms with E-state index in [9.17, 15) is 18.9 Å². The van der Waals surface area contributed by atoms with E-state index >= 15 is 0 Å². The van der Waals surface area contributed by atoms with E-state index in [1.54, 1.807) is 4.57 Å². The van der Waals surface area contributed by atoms with E-state index in [-0.39, 0.29) is 25.6 Å². The summed E-state index contributed by atoms with van der Waals surface area (Å²) in [5, 5.41) is 11.1. The van der Waals surface area contributed by atoms with Crippen molar-refractivity contribution in [2.45, 2.75) is 13.2 Å². The van der Waals surface area contributed by atoms with E-state index in [4.69, 9.17) is 9.47 Å². The number of ether oxygens (including phenoxy) is 2. The maximum atomic E-state index is 13.5. The zero-order valence-electron chi connectivity index (χ0n) is 12.7. The van der Waals surface area contributed by atoms with Gasteiger partial charge in [0.2, 0.25) is 0 Å². The Labute approximate surface area is 139 Å². The first-order valence-electron chi connectivity index (χ1n) is 7.33. The molecule has 2 heterocycles. The summed E-state index contributed by atoms with van der Waals surface area (Å²) in [5.41, 5.74) is 1.69. The van der Waals surface area contributed by atoms with Gasteiger partial charge in [0.1, 0.15) is 5.75 Å². The first-order chi connectivity index (χ1) is 12.0. The van der Waals surface area contributed by atoms with Crippen LogP contribution in [0.5, 0.6) is 5.75 Å². The highest BCUT2D eigenvalue weighted by Crippen LogP contribution is 2.33. The molecule has 0 N–H and O–H groups in total. The van der Waals surface area contributed by atoms with E-state index in [0.717, 1.165) is 12.1 Å². The first-order valence-corrected chi connectivity index (χ1v) is 7.33. The minimum absolute atomic E-state index is 0.0440. The van der Waals surface area contributed by atoms with Gasteiger partial charge >= 0.3 is 0 Å². The molecule has 0 aliphatic carbocycles. The predicted molar refractivity (Wildman–Crippen MR) is 82.1 cm³/mol. The molecule has 1 aliphatic rings. The van der Waals surface area contributed by atoms with Crippen LogP contribution in [0.25, 0.3) is 11.0 Å². The fourth-order valence-corrected chi connectivity index (χ4v) is 2.87. The monoisotopic (exact) mass is 347 g/mol. The number of hydrogen-bond donors (Lipinski definition) is 0. The molecule has 0 saturated heterocycles. The second kappa shape index (κ2) is 5.78. The molecule has 0 bridgehead atoms. The van der Waals surface area contributed by atoms with Crippen molar-refractivity contribution < 1.29 is 23.2 Å². The summed E-state index contributed by atoms with van der Waals surface area (Å²) in [6, 6.07) is 4.86. The lowest BCUT2D eigenvalue weighted by Crippen LogP contribution is -2.14. The molecular weight excluding hydrogens is 336 g/mol. The van der Waals surface area contributed by atoms with Crippen LogP contribution in [0.4, 0.5) is 14.5 Å². The molecule has 1 aliphatic heterocycles. The van der Waals surface area contributed by atoms with Crippen molar-refractivity contribution in [2.24, 2.45) is 0 Å². The van der Waals surface area contributed by atoms with Crippen molar-refractivity contribution in [3.8, 4) is 5.75 Å². The number of nitrogens with zero attached hydrogens (tertiary/aromatic N) is 3. The van der Waals surface area contributed by atoms with Crippen LogP contribution in [0.15, 0.2) is 30.6 Å². The highest BCUT2D eigenvalue weighted by Gasteiger charge is 2.21. The van der Waals surface area contributed by atoms with Gasteiger partial charge in [-0.05, 0) is 0 Å². The number of nitro groups is 1. The fraction of sp³-hybridized carbons (Fsp3) is 0.188. The third kappa shape index (κ3) is 2.68. The lowest BCUT2D eigenvalue weighted by atomic mass is 10.1. The number of rotatable bonds is 3. The molecule has 7 nitrogen and oxygen atoms in total. The Bertz CT molecular complexity index is 1000. The van der Waals surface area contributed by atoms with Crippen molar-refractivity contribution in [2.75, 3.05) is 6.79 Å². The van der Waals surface area contributed by atoms with Gasteiger partial charge in [-0.3, -0.25) is 10.1 Å². The van der Waals surface area contributed by atoms with Crippen LogP contribution in [-0.2, 0) is 17.9 Å². The minimum Gasteiger partial charge on any atom is -0.467 e. The highest BCUT2D eigenvalue weighted by atomic mass is 19.2. The fourth-order valence-electron chi connectivity index (χ4n) is 2.87. The Morgan fingerprint density at radius 1 is 1.24 bits per heavy atom. The number of fused-ring (bicyclic) bond motifs is 2. The molecule has 0 unspecified atom stereocenters. The summed E-state index contributed by atoms with van der Waals surface area (Å²) in [5.74, 6) is -1.47. The molecule has 3 aromatic rings. The molecule has 2 aromatic carbocycles. The van der Waals surface area contributed by atoms with Crippen LogP contribution in [0.1, 0.15) is 11.1 Å². The van der Waals surface area contributed by atoms with Gasteiger partial charge in [0.15, 0.2) is 18.4 Å². The molecular formula is C16H11F2N3O4. The van der Waals surface area contributed by atoms with Crippen LogP contribution < -0.4 is 4.74 Å². The standard InChI is InChI=1S/C16H11F2N3O4/c17-12-3-14-15(4-13(12)18)20(7-19-14)5-9-1-11(21(22)23)2-10-6-24-8-25-16(9)10/h1-4,7H,5-6,8H2. The van der Waals surface area contributed by atoms with E-state index in [1.807, 2.05) is 0 Å². The van der Waals surface area contributed by atoms with Gasteiger partial charge < -0.3 is 14.0 Å². The first kappa shape index (κ1) is 15.5. The molecule has 0 amide bonds. The van der Waals surface area contributed by atoms with Crippen LogP contribution >= 0.6 is 0 Å². The zero-order valence-corrected chi connectivity index (χ0v) is 12.7. The predicted octanol–water partition coefficient (Wildman–Crippen LogP) is 3.14. The molecule has 1 aromatic heterocycles. The maximum Gasteiger partial charge on any atom is 0.270 e. The van der Waals surface area contributed by atoms with Crippen molar-refractivity contribution in [1.29, 1.82) is 0 Å². The van der Waals surface area contributed by atoms with Gasteiger partial charge in [-0.25, -0.2) is 13.8 Å². The number of non-ortho nitro benzene ring substituents is 1. The van der Waals surface area contributed by atoms with E-state index in [1.165, 1.54) is 18.5 Å². The minimum atomic E-state index is -0.986. The quantitative estimate of drug-likeness (QED) is 0.537. The Balaban J connectivity index is 1.81. The maximum absolute atomic E-state index is 13.5. The molecule has 4 rings (SSSR count). The number of imidazole rings is 1. The summed E-state index contributed by atoms with van der Waals surface area (Å²) in [6.07, 6.45) is 1.42. The third-order valence-corrected chi connectivity index (χ3v) is 3.99. The summed E-state index contributed by atoms with van der Waals surface area (Å²) in [6.45, 7) is 0.405. The van der Waals surface area contributed by atoms with Crippen molar-refractivity contribution in [3.05, 3.63) is 63.5 Å². The third-order valence-electron chi connectivity index (χ3n) is 3.99. The zero-order chi connectivity index (χ0) is 17.6. The normalized spacial score (nSPS) is 13.5. The number of halogens is 2. The molecule has 0 spiro atoms. The van der Waals surface area contributed by atoms with Crippen LogP contribution in [-0.4, -0.2) is 21.3 Å². The van der Waals surface area contributed by atoms with E-state index in [2.05, 4.69) is 4.98 Å². The molecule has 128 valence electrons. The summed E-state index contributed by atoms with van der Waals surface area (Å²) >= 11 is 0. The molecule has 25 heavy (non-hydrogen) atoms. The number of hydrogen-bond acceptors (Lipinski definition) is 5. The topological polar surface area (TPSA) is 79.4 Å². The van der Waals surface area contributed by atoms with Gasteiger partial charge in [-0.2, -0.15) is 0 Å². The lowest BCUT2D eigenvalue weighted by Gasteiger charge is -2.20. The second-order valence-corrected chi connectivity index (χ2v) is 5.59. The van der Waals surface area contributed by atoms with Crippen LogP contribution in [0, 0.1) is 21.7 Å². The Kier molecular flexibility index (Phi) is 3.57. The van der Waals surface area contributed by atoms with Crippen LogP contribution in [0.2, 0.25) is 0 Å². The average molecular weight is 347 g/mol. The average Bonchev–Trinajstić information content (AvgIpc) is 2.97. The van der Waals surface area contributed by atoms with E-state index in [0.29, 0.717) is 27.9 Å². The number of benzene rings is 2. The Morgan fingerprint density at radius 3 is 2.84 bits per heavy atom. The molecule has 9 heteroatoms. The smallest absolute Gasteiger partial charge is 0.270 e. The molecule has 0 saturated carbocycles. The summed E-state index contributed by atoms with van der Waals surface area (Å²) in [7, 11) is 0. The molecule has 0 atom stereocenters. The SMILES string of the molecule is O=[N+]([O-])c1cc2c(c(Cn3cnc4cc(F)c(F)cc43)c1)OCOC2. The van der Waals surface area contributed by atoms with Gasteiger partial charge in [-0.15, -0.1) is 0 Å². The summed E-state index contributed by atoms with van der Waals surface area (Å²) in [4.78, 5) is 14.7. The lowest BCUT2D eigenvalue weighted by molar-refractivity contribution is -0.385. The highest BCUT2D eigenvalue weighted by molar-refractivity contribution is 5.75. The second-order valence-electron chi connectivity index (χ2n) is 5.59. The Morgan fingerprint density at radius 2 is 2.04 bits per heavy atom. The number of nitro benzene ring substituents is 1. The van der Waals surface area contributed by atoms with Crippen molar-refractivity contribution >= 4 is 16.7 Å². The van der Waals surface area contributed by atoms with Gasteiger partial charge in [-0.1, -0.05) is 0 Å². The number of aromatic nitrogens is 2. The summed E-state index contributed by atoms with van der Waals surface area (Å²) < 4.78 is 39.1. The van der Waals surface area contributed by atoms with Gasteiger partial charge in [0.05, 0.1) is 35.4 Å². The van der Waals surface area contributed by atoms with Crippen molar-refractivity contribution in [3.63, 3.8) is 0 Å². The van der Waals surface area contributed by atoms with E-state index < -0.39 is 16.6 Å². The molecule has 0 fully saturated rings. The largest absolute Gasteiger partial charge is 0.467 e. The van der Waals surface area contributed by atoms with Gasteiger partial charge in [0, 0.05) is 35.4 Å². The van der Waals surface area contributed by atoms with Gasteiger partial charge in [0.25, 0.3) is 5.69 Å². The van der Waals surface area contributed by atoms with Crippen LogP contribution in [0.3, 0.4) is 0 Å².